The Morgan fingerprint density at radius 1 is 1.56 bits per heavy atom. The Labute approximate surface area is 106 Å². The quantitative estimate of drug-likeness (QED) is 0.766. The van der Waals surface area contributed by atoms with Gasteiger partial charge in [0.25, 0.3) is 0 Å². The van der Waals surface area contributed by atoms with Crippen molar-refractivity contribution in [2.45, 2.75) is 23.8 Å². The predicted octanol–water partition coefficient (Wildman–Crippen LogP) is 1.72. The second kappa shape index (κ2) is 4.58. The third-order valence-corrected chi connectivity index (χ3v) is 5.02. The molecule has 0 N–H and O–H groups in total. The number of rotatable bonds is 2. The number of fused-ring (bicyclic) bond motifs is 1. The van der Waals surface area contributed by atoms with Crippen LogP contribution in [0.2, 0.25) is 0 Å². The van der Waals surface area contributed by atoms with Gasteiger partial charge in [-0.3, -0.25) is 0 Å². The second-order valence-corrected chi connectivity index (χ2v) is 6.36. The van der Waals surface area contributed by atoms with Crippen LogP contribution >= 0.6 is 0 Å². The average molecular weight is 268 g/mol. The van der Waals surface area contributed by atoms with Gasteiger partial charge in [-0.1, -0.05) is 0 Å². The van der Waals surface area contributed by atoms with Crippen molar-refractivity contribution in [2.75, 3.05) is 17.7 Å². The molecule has 1 aliphatic heterocycles. The fourth-order valence-corrected chi connectivity index (χ4v) is 4.06. The Bertz CT molecular complexity index is 607. The fraction of sp³-hybridized carbons (Fsp3) is 0.417. The molecule has 6 heteroatoms. The number of benzene rings is 1. The van der Waals surface area contributed by atoms with E-state index < -0.39 is 15.7 Å². The van der Waals surface area contributed by atoms with E-state index in [1.165, 1.54) is 12.1 Å². The molecule has 1 aliphatic rings. The molecule has 0 spiro atoms. The summed E-state index contributed by atoms with van der Waals surface area (Å²) in [5, 5.41) is 8.57. The number of sulfone groups is 1. The Morgan fingerprint density at radius 2 is 2.28 bits per heavy atom. The Balaban J connectivity index is 2.46. The van der Waals surface area contributed by atoms with Gasteiger partial charge < -0.3 is 4.90 Å². The van der Waals surface area contributed by atoms with Crippen molar-refractivity contribution in [2.24, 2.45) is 0 Å². The normalized spacial score (nSPS) is 21.2. The smallest absolute Gasteiger partial charge is 0.182 e. The standard InChI is InChI=1S/C12H13FN2O2S/c1-15-10(3-2-6-14)8-18(16,17)12-5-4-9(13)7-11(12)15/h4-5,7,10H,2-3,8H2,1H3. The second-order valence-electron chi connectivity index (χ2n) is 4.35. The van der Waals surface area contributed by atoms with Crippen LogP contribution in [-0.2, 0) is 9.84 Å². The molecule has 1 aromatic rings. The van der Waals surface area contributed by atoms with Gasteiger partial charge in [0.15, 0.2) is 9.84 Å². The molecule has 0 saturated heterocycles. The van der Waals surface area contributed by atoms with Crippen LogP contribution in [0.5, 0.6) is 0 Å². The SMILES string of the molecule is CN1c2cc(F)ccc2S(=O)(=O)CC1CCC#N. The predicted molar refractivity (Wildman–Crippen MR) is 65.5 cm³/mol. The maximum Gasteiger partial charge on any atom is 0.182 e. The topological polar surface area (TPSA) is 61.2 Å². The molecule has 18 heavy (non-hydrogen) atoms. The molecule has 2 rings (SSSR count). The number of nitrogens with zero attached hydrogens (tertiary/aromatic N) is 2. The van der Waals surface area contributed by atoms with Crippen molar-refractivity contribution in [3.8, 4) is 6.07 Å². The average Bonchev–Trinajstić information content (AvgIpc) is 2.31. The lowest BCUT2D eigenvalue weighted by Gasteiger charge is -2.35. The highest BCUT2D eigenvalue weighted by Gasteiger charge is 2.33. The van der Waals surface area contributed by atoms with E-state index >= 15 is 0 Å². The van der Waals surface area contributed by atoms with Crippen molar-refractivity contribution < 1.29 is 12.8 Å². The maximum atomic E-state index is 13.2. The molecule has 1 atom stereocenters. The maximum absolute atomic E-state index is 13.2. The molecule has 0 fully saturated rings. The highest BCUT2D eigenvalue weighted by molar-refractivity contribution is 7.91. The zero-order chi connectivity index (χ0) is 13.3. The summed E-state index contributed by atoms with van der Waals surface area (Å²) in [7, 11) is -1.66. The van der Waals surface area contributed by atoms with E-state index in [9.17, 15) is 12.8 Å². The van der Waals surface area contributed by atoms with Gasteiger partial charge in [-0.25, -0.2) is 12.8 Å². The number of halogens is 1. The molecular formula is C12H13FN2O2S. The minimum Gasteiger partial charge on any atom is -0.369 e. The lowest BCUT2D eigenvalue weighted by atomic mass is 10.1. The summed E-state index contributed by atoms with van der Waals surface area (Å²) in [5.74, 6) is -0.485. The molecule has 4 nitrogen and oxygen atoms in total. The van der Waals surface area contributed by atoms with Crippen LogP contribution in [0.1, 0.15) is 12.8 Å². The largest absolute Gasteiger partial charge is 0.369 e. The van der Waals surface area contributed by atoms with E-state index in [-0.39, 0.29) is 23.1 Å². The third kappa shape index (κ3) is 2.18. The molecule has 1 heterocycles. The van der Waals surface area contributed by atoms with E-state index in [1.54, 1.807) is 11.9 Å². The third-order valence-electron chi connectivity index (χ3n) is 3.18. The first-order valence-corrected chi connectivity index (χ1v) is 7.23. The van der Waals surface area contributed by atoms with Crippen LogP contribution in [0.3, 0.4) is 0 Å². The lowest BCUT2D eigenvalue weighted by Crippen LogP contribution is -2.42. The molecule has 0 amide bonds. The number of hydrogen-bond acceptors (Lipinski definition) is 4. The van der Waals surface area contributed by atoms with Gasteiger partial charge in [0.1, 0.15) is 5.82 Å². The van der Waals surface area contributed by atoms with Gasteiger partial charge in [0.2, 0.25) is 0 Å². The van der Waals surface area contributed by atoms with Crippen LogP contribution in [0.15, 0.2) is 23.1 Å². The fourth-order valence-electron chi connectivity index (χ4n) is 2.19. The van der Waals surface area contributed by atoms with Crippen LogP contribution in [-0.4, -0.2) is 27.3 Å². The van der Waals surface area contributed by atoms with E-state index in [1.807, 2.05) is 6.07 Å². The van der Waals surface area contributed by atoms with E-state index in [0.29, 0.717) is 12.1 Å². The minimum absolute atomic E-state index is 0.0240. The molecule has 1 unspecified atom stereocenters. The summed E-state index contributed by atoms with van der Waals surface area (Å²) >= 11 is 0. The van der Waals surface area contributed by atoms with E-state index in [0.717, 1.165) is 6.07 Å². The zero-order valence-electron chi connectivity index (χ0n) is 9.93. The number of nitriles is 1. The summed E-state index contributed by atoms with van der Waals surface area (Å²) < 4.78 is 37.4. The highest BCUT2D eigenvalue weighted by Crippen LogP contribution is 2.34. The van der Waals surface area contributed by atoms with Crippen LogP contribution in [0.25, 0.3) is 0 Å². The van der Waals surface area contributed by atoms with Gasteiger partial charge in [0, 0.05) is 19.5 Å². The molecule has 1 aromatic carbocycles. The Morgan fingerprint density at radius 3 is 2.94 bits per heavy atom. The van der Waals surface area contributed by atoms with Crippen LogP contribution < -0.4 is 4.90 Å². The highest BCUT2D eigenvalue weighted by atomic mass is 32.2. The van der Waals surface area contributed by atoms with Crippen molar-refractivity contribution in [1.29, 1.82) is 5.26 Å². The molecule has 0 radical (unpaired) electrons. The van der Waals surface area contributed by atoms with E-state index in [4.69, 9.17) is 5.26 Å². The van der Waals surface area contributed by atoms with Crippen LogP contribution in [0.4, 0.5) is 10.1 Å². The zero-order valence-corrected chi connectivity index (χ0v) is 10.7. The lowest BCUT2D eigenvalue weighted by molar-refractivity contribution is 0.557. The first kappa shape index (κ1) is 12.8. The van der Waals surface area contributed by atoms with Crippen molar-refractivity contribution in [3.05, 3.63) is 24.0 Å². The van der Waals surface area contributed by atoms with Crippen molar-refractivity contribution >= 4 is 15.5 Å². The molecule has 0 aliphatic carbocycles. The van der Waals surface area contributed by atoms with Gasteiger partial charge in [0.05, 0.1) is 22.4 Å². The first-order chi connectivity index (χ1) is 8.45. The van der Waals surface area contributed by atoms with Gasteiger partial charge >= 0.3 is 0 Å². The van der Waals surface area contributed by atoms with Gasteiger partial charge in [-0.2, -0.15) is 5.26 Å². The number of anilines is 1. The van der Waals surface area contributed by atoms with Crippen molar-refractivity contribution in [3.63, 3.8) is 0 Å². The molecule has 0 bridgehead atoms. The summed E-state index contributed by atoms with van der Waals surface area (Å²) in [4.78, 5) is 1.91. The van der Waals surface area contributed by atoms with Gasteiger partial charge in [-0.05, 0) is 24.6 Å². The molecular weight excluding hydrogens is 255 g/mol. The summed E-state index contributed by atoms with van der Waals surface area (Å²) in [6, 6.07) is 5.41. The molecule has 96 valence electrons. The van der Waals surface area contributed by atoms with E-state index in [2.05, 4.69) is 0 Å². The van der Waals surface area contributed by atoms with Gasteiger partial charge in [-0.15, -0.1) is 0 Å². The summed E-state index contributed by atoms with van der Waals surface area (Å²) in [5.41, 5.74) is 0.379. The monoisotopic (exact) mass is 268 g/mol. The Kier molecular flexibility index (Phi) is 3.26. The molecule has 0 aromatic heterocycles. The van der Waals surface area contributed by atoms with Crippen LogP contribution in [0, 0.1) is 17.1 Å². The molecule has 0 saturated carbocycles. The minimum atomic E-state index is -3.39. The number of hydrogen-bond donors (Lipinski definition) is 0. The Hall–Kier alpha value is -1.61. The van der Waals surface area contributed by atoms with Crippen molar-refractivity contribution in [1.82, 2.24) is 0 Å². The first-order valence-electron chi connectivity index (χ1n) is 5.58. The summed E-state index contributed by atoms with van der Waals surface area (Å²) in [6.45, 7) is 0. The summed E-state index contributed by atoms with van der Waals surface area (Å²) in [6.07, 6.45) is 0.747.